The zero-order valence-electron chi connectivity index (χ0n) is 8.18. The Morgan fingerprint density at radius 2 is 2.23 bits per heavy atom. The maximum atomic E-state index is 5.79. The third-order valence-corrected chi connectivity index (χ3v) is 2.38. The van der Waals surface area contributed by atoms with E-state index in [1.807, 2.05) is 0 Å². The maximum Gasteiger partial charge on any atom is 0.0436 e. The van der Waals surface area contributed by atoms with E-state index in [0.29, 0.717) is 5.88 Å². The summed E-state index contributed by atoms with van der Waals surface area (Å²) in [6.07, 6.45) is 3.19. The van der Waals surface area contributed by atoms with E-state index in [4.69, 9.17) is 11.6 Å². The smallest absolute Gasteiger partial charge is 0.0436 e. The van der Waals surface area contributed by atoms with E-state index in [-0.39, 0.29) is 0 Å². The normalized spacial score (nSPS) is 11.8. The fourth-order valence-electron chi connectivity index (χ4n) is 1.23. The number of halogens is 1. The molecule has 0 aliphatic rings. The number of aryl methyl sites for hydroxylation is 1. The first-order valence-electron chi connectivity index (χ1n) is 4.58. The third-order valence-electron chi connectivity index (χ3n) is 2.04. The van der Waals surface area contributed by atoms with Gasteiger partial charge in [-0.1, -0.05) is 48.4 Å². The fourth-order valence-corrected chi connectivity index (χ4v) is 1.50. The van der Waals surface area contributed by atoms with Crippen molar-refractivity contribution in [2.45, 2.75) is 20.3 Å². The van der Waals surface area contributed by atoms with Crippen molar-refractivity contribution in [2.75, 3.05) is 5.88 Å². The summed E-state index contributed by atoms with van der Waals surface area (Å²) in [4.78, 5) is 0. The molecule has 0 radical (unpaired) electrons. The van der Waals surface area contributed by atoms with Crippen LogP contribution in [0.25, 0.3) is 6.08 Å². The Labute approximate surface area is 85.2 Å². The molecule has 0 heterocycles. The summed E-state index contributed by atoms with van der Waals surface area (Å²) in [6, 6.07) is 8.45. The van der Waals surface area contributed by atoms with Gasteiger partial charge in [0.1, 0.15) is 0 Å². The molecule has 0 N–H and O–H groups in total. The van der Waals surface area contributed by atoms with Gasteiger partial charge in [0.25, 0.3) is 0 Å². The zero-order chi connectivity index (χ0) is 9.68. The van der Waals surface area contributed by atoms with E-state index in [1.165, 1.54) is 16.7 Å². The first kappa shape index (κ1) is 10.3. The van der Waals surface area contributed by atoms with Gasteiger partial charge in [-0.25, -0.2) is 0 Å². The highest BCUT2D eigenvalue weighted by Gasteiger charge is 1.93. The first-order chi connectivity index (χ1) is 6.26. The number of allylic oxidation sites excluding steroid dienone is 1. The fraction of sp³-hybridized carbons (Fsp3) is 0.333. The molecule has 0 unspecified atom stereocenters. The highest BCUT2D eigenvalue weighted by molar-refractivity contribution is 6.19. The largest absolute Gasteiger partial charge is 0.122 e. The number of rotatable bonds is 3. The van der Waals surface area contributed by atoms with Gasteiger partial charge in [-0.2, -0.15) is 0 Å². The van der Waals surface area contributed by atoms with Crippen LogP contribution in [0.3, 0.4) is 0 Å². The van der Waals surface area contributed by atoms with Crippen LogP contribution in [0.2, 0.25) is 0 Å². The summed E-state index contributed by atoms with van der Waals surface area (Å²) in [5, 5.41) is 0. The highest BCUT2D eigenvalue weighted by Crippen LogP contribution is 2.12. The maximum absolute atomic E-state index is 5.79. The summed E-state index contributed by atoms with van der Waals surface area (Å²) in [7, 11) is 0. The van der Waals surface area contributed by atoms with Gasteiger partial charge in [0.2, 0.25) is 0 Å². The summed E-state index contributed by atoms with van der Waals surface area (Å²) in [5.74, 6) is 0.629. The predicted molar refractivity (Wildman–Crippen MR) is 60.2 cm³/mol. The van der Waals surface area contributed by atoms with Gasteiger partial charge in [-0.15, -0.1) is 11.6 Å². The highest BCUT2D eigenvalue weighted by atomic mass is 35.5. The van der Waals surface area contributed by atoms with E-state index in [0.717, 1.165) is 6.42 Å². The lowest BCUT2D eigenvalue weighted by atomic mass is 10.1. The molecule has 1 aromatic rings. The molecule has 0 spiro atoms. The molecule has 0 aromatic heterocycles. The lowest BCUT2D eigenvalue weighted by Gasteiger charge is -2.00. The average molecular weight is 195 g/mol. The van der Waals surface area contributed by atoms with Crippen molar-refractivity contribution in [1.29, 1.82) is 0 Å². The Bertz CT molecular complexity index is 294. The van der Waals surface area contributed by atoms with Crippen LogP contribution >= 0.6 is 11.6 Å². The average Bonchev–Trinajstić information content (AvgIpc) is 2.14. The second-order valence-electron chi connectivity index (χ2n) is 3.20. The molecule has 0 fully saturated rings. The van der Waals surface area contributed by atoms with Gasteiger partial charge in [-0.3, -0.25) is 0 Å². The van der Waals surface area contributed by atoms with Crippen molar-refractivity contribution in [1.82, 2.24) is 0 Å². The molecule has 0 nitrogen and oxygen atoms in total. The van der Waals surface area contributed by atoms with Gasteiger partial charge in [-0.05, 0) is 18.9 Å². The topological polar surface area (TPSA) is 0 Å². The van der Waals surface area contributed by atoms with Crippen LogP contribution in [0, 0.1) is 6.92 Å². The number of benzene rings is 1. The van der Waals surface area contributed by atoms with Crippen LogP contribution in [0.1, 0.15) is 24.5 Å². The molecule has 0 saturated carbocycles. The predicted octanol–water partition coefficient (Wildman–Crippen LogP) is 4.03. The van der Waals surface area contributed by atoms with E-state index in [9.17, 15) is 0 Å². The second kappa shape index (κ2) is 5.08. The molecular formula is C12H15Cl. The Morgan fingerprint density at radius 3 is 2.77 bits per heavy atom. The minimum atomic E-state index is 0.629. The Kier molecular flexibility index (Phi) is 4.04. The summed E-state index contributed by atoms with van der Waals surface area (Å²) in [5.41, 5.74) is 3.82. The van der Waals surface area contributed by atoms with Crippen molar-refractivity contribution in [2.24, 2.45) is 0 Å². The van der Waals surface area contributed by atoms with Gasteiger partial charge >= 0.3 is 0 Å². The van der Waals surface area contributed by atoms with Crippen LogP contribution in [-0.2, 0) is 0 Å². The van der Waals surface area contributed by atoms with E-state index < -0.39 is 0 Å². The lowest BCUT2D eigenvalue weighted by Crippen LogP contribution is -1.83. The van der Waals surface area contributed by atoms with Crippen LogP contribution < -0.4 is 0 Å². The molecule has 0 bridgehead atoms. The van der Waals surface area contributed by atoms with Crippen LogP contribution in [0.15, 0.2) is 29.8 Å². The van der Waals surface area contributed by atoms with Crippen molar-refractivity contribution >= 4 is 17.7 Å². The molecule has 0 atom stereocenters. The minimum Gasteiger partial charge on any atom is -0.122 e. The van der Waals surface area contributed by atoms with Crippen molar-refractivity contribution in [3.8, 4) is 0 Å². The zero-order valence-corrected chi connectivity index (χ0v) is 8.93. The first-order valence-corrected chi connectivity index (χ1v) is 5.11. The number of hydrogen-bond acceptors (Lipinski definition) is 0. The molecule has 13 heavy (non-hydrogen) atoms. The lowest BCUT2D eigenvalue weighted by molar-refractivity contribution is 1.12. The van der Waals surface area contributed by atoms with Gasteiger partial charge in [0.15, 0.2) is 0 Å². The van der Waals surface area contributed by atoms with Crippen molar-refractivity contribution in [3.05, 3.63) is 41.0 Å². The molecule has 0 saturated heterocycles. The van der Waals surface area contributed by atoms with E-state index >= 15 is 0 Å². The van der Waals surface area contributed by atoms with Crippen molar-refractivity contribution < 1.29 is 0 Å². The van der Waals surface area contributed by atoms with Crippen molar-refractivity contribution in [3.63, 3.8) is 0 Å². The molecule has 70 valence electrons. The summed E-state index contributed by atoms with van der Waals surface area (Å²) in [6.45, 7) is 4.23. The molecule has 1 heteroatoms. The Balaban J connectivity index is 2.89. The monoisotopic (exact) mass is 194 g/mol. The van der Waals surface area contributed by atoms with Gasteiger partial charge in [0, 0.05) is 5.88 Å². The molecule has 1 aromatic carbocycles. The Morgan fingerprint density at radius 1 is 1.46 bits per heavy atom. The van der Waals surface area contributed by atoms with Crippen LogP contribution in [0.5, 0.6) is 0 Å². The van der Waals surface area contributed by atoms with Gasteiger partial charge in [0.05, 0.1) is 0 Å². The summed E-state index contributed by atoms with van der Waals surface area (Å²) < 4.78 is 0. The number of alkyl halides is 1. The molecule has 0 amide bonds. The quantitative estimate of drug-likeness (QED) is 0.638. The second-order valence-corrected chi connectivity index (χ2v) is 3.47. The SMILES string of the molecule is CCC(=Cc1cccc(C)c1)CCl. The van der Waals surface area contributed by atoms with E-state index in [2.05, 4.69) is 44.2 Å². The Hall–Kier alpha value is -0.750. The molecule has 0 aliphatic carbocycles. The van der Waals surface area contributed by atoms with Crippen LogP contribution in [-0.4, -0.2) is 5.88 Å². The standard InChI is InChI=1S/C12H15Cl/c1-3-11(9-13)8-12-6-4-5-10(2)7-12/h4-8H,3,9H2,1-2H3. The van der Waals surface area contributed by atoms with E-state index in [1.54, 1.807) is 0 Å². The minimum absolute atomic E-state index is 0.629. The van der Waals surface area contributed by atoms with Gasteiger partial charge < -0.3 is 0 Å². The number of hydrogen-bond donors (Lipinski definition) is 0. The summed E-state index contributed by atoms with van der Waals surface area (Å²) >= 11 is 5.79. The molecule has 0 aliphatic heterocycles. The van der Waals surface area contributed by atoms with Crippen LogP contribution in [0.4, 0.5) is 0 Å². The molecular weight excluding hydrogens is 180 g/mol. The third kappa shape index (κ3) is 3.23. The molecule has 1 rings (SSSR count).